The Morgan fingerprint density at radius 1 is 0.900 bits per heavy atom. The fraction of sp³-hybridized carbons (Fsp3) is 0.588. The number of nitrogens with zero attached hydrogens (tertiary/aromatic N) is 1. The second-order valence-electron chi connectivity index (χ2n) is 11.5. The van der Waals surface area contributed by atoms with E-state index in [4.69, 9.17) is 5.10 Å². The molecule has 1 aromatic rings. The molecule has 0 amide bonds. The molecule has 0 saturated carbocycles. The summed E-state index contributed by atoms with van der Waals surface area (Å²) in [5.74, 6) is 0. The first-order valence-electron chi connectivity index (χ1n) is 8.19. The molecule has 0 aliphatic carbocycles. The standard InChI is InChI=1S/C12H11N2.C5H5.Fe/c1-2-8-12(9-3-1)14-13-10-11-6-4-5-7-11;1-2-4-5-3-1;/h1-10,14H;1-5H;. The van der Waals surface area contributed by atoms with Crippen LogP contribution in [-0.4, -0.2) is 6.21 Å². The Kier molecular flexibility index (Phi) is 0.259. The maximum absolute atomic E-state index is 4.79. The van der Waals surface area contributed by atoms with E-state index in [0.29, 0.717) is 0 Å². The molecule has 1 aromatic carbocycles. The fourth-order valence-corrected chi connectivity index (χ4v) is 90.9. The molecule has 10 saturated heterocycles. The molecule has 10 aliphatic rings. The number of nitrogens with one attached hydrogen (secondary N) is 1. The van der Waals surface area contributed by atoms with Crippen LogP contribution in [0.25, 0.3) is 0 Å². The summed E-state index contributed by atoms with van der Waals surface area (Å²) < 4.78 is 0.820. The fourth-order valence-electron chi connectivity index (χ4n) is 17.4. The normalized spacial score (nSPS) is 103. The van der Waals surface area contributed by atoms with Crippen molar-refractivity contribution >= 4 is 11.9 Å². The molecule has 0 radical (unpaired) electrons. The third-order valence-electron chi connectivity index (χ3n) is 16.0. The average Bonchev–Trinajstić information content (AvgIpc) is 3.42. The molecule has 0 bridgehead atoms. The molecular formula is C17H16FeN2. The molecule has 10 fully saturated rings. The van der Waals surface area contributed by atoms with Crippen LogP contribution in [0, 0.1) is 0 Å². The molecule has 4 atom stereocenters. The Morgan fingerprint density at radius 2 is 1.50 bits per heavy atom. The minimum absolute atomic E-state index is 0.820. The van der Waals surface area contributed by atoms with Crippen LogP contribution in [0.5, 0.6) is 0 Å². The van der Waals surface area contributed by atoms with Gasteiger partial charge < -0.3 is 0 Å². The molecular weight excluding hydrogens is 288 g/mol. The molecule has 1 spiro atoms. The van der Waals surface area contributed by atoms with Crippen molar-refractivity contribution in [2.24, 2.45) is 5.10 Å². The van der Waals surface area contributed by atoms with Crippen molar-refractivity contribution < 1.29 is 6.51 Å². The van der Waals surface area contributed by atoms with Crippen LogP contribution in [0.1, 0.15) is 0 Å². The quantitative estimate of drug-likeness (QED) is 0.482. The van der Waals surface area contributed by atoms with E-state index in [9.17, 15) is 0 Å². The van der Waals surface area contributed by atoms with Gasteiger partial charge in [0.1, 0.15) is 0 Å². The molecule has 102 valence electrons. The molecule has 2 nitrogen and oxygen atoms in total. The number of hydrazone groups is 1. The van der Waals surface area contributed by atoms with Crippen LogP contribution in [0.2, 0.25) is 47.7 Å². The SMILES string of the molecule is C(=NNc1ccccc1)[C]12[CH]3[CH]4[CH]5[CH]1[Fe]45321678[CH]2[CH]1[CH]6[CH]7[CH]28. The zero-order chi connectivity index (χ0) is 12.2. The van der Waals surface area contributed by atoms with Crippen LogP contribution in [0.3, 0.4) is 0 Å². The van der Waals surface area contributed by atoms with Crippen molar-refractivity contribution in [2.75, 3.05) is 5.43 Å². The number of benzene rings is 1. The van der Waals surface area contributed by atoms with Crippen molar-refractivity contribution in [3.05, 3.63) is 30.3 Å². The Morgan fingerprint density at radius 3 is 1.95 bits per heavy atom. The van der Waals surface area contributed by atoms with Gasteiger partial charge in [-0.1, -0.05) is 0 Å². The number of rotatable bonds is 3. The van der Waals surface area contributed by atoms with Crippen LogP contribution >= 0.6 is 0 Å². The van der Waals surface area contributed by atoms with E-state index in [1.807, 2.05) is 0 Å². The summed E-state index contributed by atoms with van der Waals surface area (Å²) in [7, 11) is 0. The molecule has 1 N–H and O–H groups in total. The molecule has 0 aromatic heterocycles. The first-order chi connectivity index (χ1) is 9.62. The Hall–Kier alpha value is -0.791. The summed E-state index contributed by atoms with van der Waals surface area (Å²) in [6.45, 7) is -2.89. The van der Waals surface area contributed by atoms with Gasteiger partial charge in [0.2, 0.25) is 0 Å². The number of fused-ring (bicyclic) bond motifs is 10. The van der Waals surface area contributed by atoms with Gasteiger partial charge in [0.05, 0.1) is 0 Å². The Labute approximate surface area is 107 Å². The Bertz CT molecular complexity index is 1120. The topological polar surface area (TPSA) is 24.4 Å². The van der Waals surface area contributed by atoms with E-state index in [0.717, 1.165) is 10.0 Å². The molecule has 10 aliphatic heterocycles. The second-order valence-corrected chi connectivity index (χ2v) is 35.1. The molecule has 10 heterocycles. The van der Waals surface area contributed by atoms with Gasteiger partial charge in [-0.3, -0.25) is 0 Å². The number of anilines is 1. The zero-order valence-corrected chi connectivity index (χ0v) is 12.1. The summed E-state index contributed by atoms with van der Waals surface area (Å²) in [5, 5.41) is 4.79. The van der Waals surface area contributed by atoms with Crippen LogP contribution in [0.15, 0.2) is 35.4 Å². The van der Waals surface area contributed by atoms with Crippen molar-refractivity contribution in [2.45, 2.75) is 47.7 Å². The minimum atomic E-state index is -2.89. The van der Waals surface area contributed by atoms with E-state index in [2.05, 4.69) is 42.0 Å². The van der Waals surface area contributed by atoms with Gasteiger partial charge in [0.25, 0.3) is 0 Å². The number of hydrogen-bond donors (Lipinski definition) is 1. The Balaban J connectivity index is 1.21. The van der Waals surface area contributed by atoms with Gasteiger partial charge in [-0.05, 0) is 0 Å². The molecule has 4 unspecified atom stereocenters. The van der Waals surface area contributed by atoms with E-state index >= 15 is 0 Å². The van der Waals surface area contributed by atoms with Crippen molar-refractivity contribution in [1.29, 1.82) is 0 Å². The van der Waals surface area contributed by atoms with Gasteiger partial charge in [-0.25, -0.2) is 0 Å². The van der Waals surface area contributed by atoms with Crippen molar-refractivity contribution in [3.63, 3.8) is 0 Å². The van der Waals surface area contributed by atoms with E-state index in [1.165, 1.54) is 43.3 Å². The van der Waals surface area contributed by atoms with E-state index < -0.39 is 6.51 Å². The van der Waals surface area contributed by atoms with Crippen molar-refractivity contribution in [3.8, 4) is 0 Å². The zero-order valence-electron chi connectivity index (χ0n) is 11.0. The molecule has 20 heavy (non-hydrogen) atoms. The monoisotopic (exact) mass is 304 g/mol. The number of hydrogen-bond acceptors (Lipinski definition) is 2. The van der Waals surface area contributed by atoms with E-state index in [1.54, 1.807) is 0 Å². The van der Waals surface area contributed by atoms with Crippen LogP contribution in [-0.2, 0) is 6.51 Å². The predicted octanol–water partition coefficient (Wildman–Crippen LogP) is 4.84. The number of para-hydroxylation sites is 1. The van der Waals surface area contributed by atoms with Gasteiger partial charge in [0, 0.05) is 0 Å². The summed E-state index contributed by atoms with van der Waals surface area (Å²) >= 11 is 0. The summed E-state index contributed by atoms with van der Waals surface area (Å²) in [6.07, 6.45) is 2.53. The van der Waals surface area contributed by atoms with E-state index in [-0.39, 0.29) is 0 Å². The van der Waals surface area contributed by atoms with Gasteiger partial charge in [0.15, 0.2) is 0 Å². The predicted molar refractivity (Wildman–Crippen MR) is 75.0 cm³/mol. The van der Waals surface area contributed by atoms with Crippen molar-refractivity contribution in [1.82, 2.24) is 0 Å². The first-order valence-corrected chi connectivity index (χ1v) is 14.5. The van der Waals surface area contributed by atoms with Gasteiger partial charge in [-0.15, -0.1) is 0 Å². The average molecular weight is 304 g/mol. The van der Waals surface area contributed by atoms with Gasteiger partial charge >= 0.3 is 107 Å². The second kappa shape index (κ2) is 0.693. The van der Waals surface area contributed by atoms with Crippen LogP contribution < -0.4 is 5.43 Å². The molecule has 11 rings (SSSR count). The third kappa shape index (κ3) is 0.0876. The first kappa shape index (κ1) is 7.47. The summed E-state index contributed by atoms with van der Waals surface area (Å²) in [6, 6.07) is 10.5. The summed E-state index contributed by atoms with van der Waals surface area (Å²) in [5.41, 5.74) is 4.47. The van der Waals surface area contributed by atoms with Crippen LogP contribution in [0.4, 0.5) is 5.69 Å². The summed E-state index contributed by atoms with van der Waals surface area (Å²) in [4.78, 5) is 12.5. The maximum atomic E-state index is 4.79. The third-order valence-corrected chi connectivity index (χ3v) is 58.5. The molecule has 3 heteroatoms. The van der Waals surface area contributed by atoms with Gasteiger partial charge in [-0.2, -0.15) is 0 Å².